The number of benzene rings is 1. The number of rotatable bonds is 11. The van der Waals surface area contributed by atoms with Gasteiger partial charge in [0.2, 0.25) is 6.41 Å². The average molecular weight is 389 g/mol. The first-order chi connectivity index (χ1) is 13.7. The molecule has 2 amide bonds. The van der Waals surface area contributed by atoms with E-state index in [-0.39, 0.29) is 5.91 Å². The molecular formula is C22H32N2O4. The highest BCUT2D eigenvalue weighted by atomic mass is 16.5. The van der Waals surface area contributed by atoms with Crippen LogP contribution < -0.4 is 5.32 Å². The molecule has 6 heteroatoms. The lowest BCUT2D eigenvalue weighted by Crippen LogP contribution is -2.52. The molecule has 2 N–H and O–H groups in total. The van der Waals surface area contributed by atoms with Crippen molar-refractivity contribution in [2.75, 3.05) is 26.3 Å². The van der Waals surface area contributed by atoms with Crippen LogP contribution in [0.25, 0.3) is 0 Å². The van der Waals surface area contributed by atoms with Crippen molar-refractivity contribution in [3.8, 4) is 0 Å². The van der Waals surface area contributed by atoms with E-state index in [1.807, 2.05) is 30.3 Å². The molecule has 2 aliphatic rings. The highest BCUT2D eigenvalue weighted by Crippen LogP contribution is 2.27. The predicted molar refractivity (Wildman–Crippen MR) is 107 cm³/mol. The number of aliphatic hydroxyl groups excluding tert-OH is 1. The zero-order valence-corrected chi connectivity index (χ0v) is 16.5. The van der Waals surface area contributed by atoms with Gasteiger partial charge < -0.3 is 20.1 Å². The Hall–Kier alpha value is -1.92. The Balaban J connectivity index is 1.65. The van der Waals surface area contributed by atoms with Crippen LogP contribution in [0.1, 0.15) is 37.7 Å². The average Bonchev–Trinajstić information content (AvgIpc) is 3.57. The summed E-state index contributed by atoms with van der Waals surface area (Å²) in [6.07, 6.45) is 4.91. The molecule has 0 aromatic heterocycles. The van der Waals surface area contributed by atoms with E-state index in [9.17, 15) is 14.7 Å². The van der Waals surface area contributed by atoms with Crippen molar-refractivity contribution in [3.63, 3.8) is 0 Å². The highest BCUT2D eigenvalue weighted by molar-refractivity contribution is 5.81. The van der Waals surface area contributed by atoms with Crippen LogP contribution in [0.4, 0.5) is 0 Å². The highest BCUT2D eigenvalue weighted by Gasteiger charge is 2.33. The Morgan fingerprint density at radius 3 is 2.54 bits per heavy atom. The van der Waals surface area contributed by atoms with Gasteiger partial charge in [-0.1, -0.05) is 30.3 Å². The Morgan fingerprint density at radius 1 is 1.18 bits per heavy atom. The van der Waals surface area contributed by atoms with Gasteiger partial charge in [0.05, 0.1) is 6.04 Å². The SMILES string of the molecule is O=CN(CC1CCOCC1)C(CCc1ccccc1)C(O)C(=O)NCC1CC1. The molecule has 28 heavy (non-hydrogen) atoms. The van der Waals surface area contributed by atoms with Gasteiger partial charge in [-0.3, -0.25) is 9.59 Å². The van der Waals surface area contributed by atoms with Crippen LogP contribution in [0.15, 0.2) is 30.3 Å². The van der Waals surface area contributed by atoms with Gasteiger partial charge in [-0.15, -0.1) is 0 Å². The van der Waals surface area contributed by atoms with E-state index in [1.54, 1.807) is 4.90 Å². The molecule has 0 radical (unpaired) electrons. The molecule has 6 nitrogen and oxygen atoms in total. The molecule has 1 saturated heterocycles. The molecule has 1 saturated carbocycles. The van der Waals surface area contributed by atoms with Crippen LogP contribution in [-0.4, -0.2) is 60.8 Å². The maximum atomic E-state index is 12.5. The van der Waals surface area contributed by atoms with Gasteiger partial charge in [0.15, 0.2) is 6.10 Å². The third kappa shape index (κ3) is 6.31. The van der Waals surface area contributed by atoms with Crippen LogP contribution in [0.2, 0.25) is 0 Å². The van der Waals surface area contributed by atoms with Gasteiger partial charge in [0, 0.05) is 26.3 Å². The molecule has 1 aliphatic heterocycles. The molecule has 1 aliphatic carbocycles. The lowest BCUT2D eigenvalue weighted by molar-refractivity contribution is -0.136. The number of ether oxygens (including phenoxy) is 1. The minimum atomic E-state index is -1.22. The van der Waals surface area contributed by atoms with Crippen LogP contribution >= 0.6 is 0 Å². The number of nitrogens with one attached hydrogen (secondary N) is 1. The summed E-state index contributed by atoms with van der Waals surface area (Å²) in [6.45, 7) is 2.58. The number of amides is 2. The molecule has 0 spiro atoms. The van der Waals surface area contributed by atoms with E-state index in [0.717, 1.165) is 37.7 Å². The Bertz CT molecular complexity index is 614. The van der Waals surface area contributed by atoms with Crippen molar-refractivity contribution >= 4 is 12.3 Å². The van der Waals surface area contributed by atoms with Gasteiger partial charge in [-0.05, 0) is 55.9 Å². The summed E-state index contributed by atoms with van der Waals surface area (Å²) in [5.41, 5.74) is 1.13. The van der Waals surface area contributed by atoms with E-state index in [2.05, 4.69) is 5.32 Å². The third-order valence-corrected chi connectivity index (χ3v) is 5.84. The summed E-state index contributed by atoms with van der Waals surface area (Å²) in [5, 5.41) is 13.6. The van der Waals surface area contributed by atoms with Gasteiger partial charge in [-0.25, -0.2) is 0 Å². The summed E-state index contributed by atoms with van der Waals surface area (Å²) in [6, 6.07) is 9.44. The van der Waals surface area contributed by atoms with Crippen molar-refractivity contribution in [1.82, 2.24) is 10.2 Å². The van der Waals surface area contributed by atoms with Crippen molar-refractivity contribution in [2.24, 2.45) is 11.8 Å². The molecule has 1 aromatic carbocycles. The first-order valence-electron chi connectivity index (χ1n) is 10.5. The maximum Gasteiger partial charge on any atom is 0.251 e. The fraction of sp³-hybridized carbons (Fsp3) is 0.636. The van der Waals surface area contributed by atoms with E-state index in [4.69, 9.17) is 4.74 Å². The molecule has 2 fully saturated rings. The molecule has 1 heterocycles. The van der Waals surface area contributed by atoms with Crippen LogP contribution in [0, 0.1) is 11.8 Å². The number of hydrogen-bond acceptors (Lipinski definition) is 4. The summed E-state index contributed by atoms with van der Waals surface area (Å²) < 4.78 is 5.41. The van der Waals surface area contributed by atoms with Crippen LogP contribution in [0.5, 0.6) is 0 Å². The van der Waals surface area contributed by atoms with Crippen molar-refractivity contribution in [1.29, 1.82) is 0 Å². The van der Waals surface area contributed by atoms with Crippen LogP contribution in [-0.2, 0) is 20.7 Å². The molecule has 3 rings (SSSR count). The zero-order chi connectivity index (χ0) is 19.8. The third-order valence-electron chi connectivity index (χ3n) is 5.84. The first kappa shape index (κ1) is 20.8. The molecular weight excluding hydrogens is 356 g/mol. The number of aryl methyl sites for hydroxylation is 1. The minimum Gasteiger partial charge on any atom is -0.381 e. The predicted octanol–water partition coefficient (Wildman–Crippen LogP) is 1.76. The molecule has 1 aromatic rings. The van der Waals surface area contributed by atoms with E-state index in [0.29, 0.717) is 51.0 Å². The van der Waals surface area contributed by atoms with Crippen LogP contribution in [0.3, 0.4) is 0 Å². The Morgan fingerprint density at radius 2 is 1.89 bits per heavy atom. The topological polar surface area (TPSA) is 78.9 Å². The first-order valence-corrected chi connectivity index (χ1v) is 10.5. The smallest absolute Gasteiger partial charge is 0.251 e. The largest absolute Gasteiger partial charge is 0.381 e. The van der Waals surface area contributed by atoms with Gasteiger partial charge in [0.25, 0.3) is 5.91 Å². The quantitative estimate of drug-likeness (QED) is 0.566. The standard InChI is InChI=1S/C22H32N2O4/c25-16-24(15-19-10-12-28-13-11-19)20(9-8-17-4-2-1-3-5-17)21(26)22(27)23-14-18-6-7-18/h1-5,16,18-21,26H,6-15H2,(H,23,27). The zero-order valence-electron chi connectivity index (χ0n) is 16.5. The van der Waals surface area contributed by atoms with E-state index >= 15 is 0 Å². The second-order valence-corrected chi connectivity index (χ2v) is 8.08. The molecule has 2 atom stereocenters. The van der Waals surface area contributed by atoms with Crippen molar-refractivity contribution < 1.29 is 19.4 Å². The van der Waals surface area contributed by atoms with E-state index < -0.39 is 12.1 Å². The number of carbonyl (C=O) groups is 2. The molecule has 2 unspecified atom stereocenters. The lowest BCUT2D eigenvalue weighted by Gasteiger charge is -2.35. The Kier molecular flexibility index (Phi) is 7.86. The summed E-state index contributed by atoms with van der Waals surface area (Å²) in [4.78, 5) is 26.0. The number of aliphatic hydroxyl groups is 1. The number of hydrogen-bond donors (Lipinski definition) is 2. The fourth-order valence-corrected chi connectivity index (χ4v) is 3.79. The van der Waals surface area contributed by atoms with E-state index in [1.165, 1.54) is 0 Å². The van der Waals surface area contributed by atoms with Gasteiger partial charge >= 0.3 is 0 Å². The monoisotopic (exact) mass is 388 g/mol. The van der Waals surface area contributed by atoms with Gasteiger partial charge in [0.1, 0.15) is 0 Å². The number of carbonyl (C=O) groups excluding carboxylic acids is 2. The normalized spacial score (nSPS) is 19.6. The fourth-order valence-electron chi connectivity index (χ4n) is 3.79. The van der Waals surface area contributed by atoms with Crippen molar-refractivity contribution in [2.45, 2.75) is 50.7 Å². The molecule has 154 valence electrons. The summed E-state index contributed by atoms with van der Waals surface area (Å²) >= 11 is 0. The van der Waals surface area contributed by atoms with Crippen molar-refractivity contribution in [3.05, 3.63) is 35.9 Å². The van der Waals surface area contributed by atoms with Gasteiger partial charge in [-0.2, -0.15) is 0 Å². The lowest BCUT2D eigenvalue weighted by atomic mass is 9.95. The number of nitrogens with zero attached hydrogens (tertiary/aromatic N) is 1. The Labute approximate surface area is 167 Å². The molecule has 0 bridgehead atoms. The maximum absolute atomic E-state index is 12.5. The minimum absolute atomic E-state index is 0.347. The second kappa shape index (κ2) is 10.6. The second-order valence-electron chi connectivity index (χ2n) is 8.08. The summed E-state index contributed by atoms with van der Waals surface area (Å²) in [5.74, 6) is 0.520. The summed E-state index contributed by atoms with van der Waals surface area (Å²) in [7, 11) is 0.